The third-order valence-electron chi connectivity index (χ3n) is 2.70. The van der Waals surface area contributed by atoms with E-state index in [9.17, 15) is 4.79 Å². The number of benzene rings is 1. The van der Waals surface area contributed by atoms with Crippen LogP contribution in [0.4, 0.5) is 0 Å². The number of amides is 1. The van der Waals surface area contributed by atoms with Crippen molar-refractivity contribution in [1.29, 1.82) is 0 Å². The van der Waals surface area contributed by atoms with Crippen LogP contribution in [0.1, 0.15) is 6.42 Å². The lowest BCUT2D eigenvalue weighted by atomic mass is 10.2. The number of nitrogens with one attached hydrogen (secondary N) is 1. The highest BCUT2D eigenvalue weighted by Crippen LogP contribution is 2.15. The van der Waals surface area contributed by atoms with E-state index in [4.69, 9.17) is 0 Å². The number of nitrogens with zero attached hydrogens (tertiary/aromatic N) is 1. The molecule has 88 valence electrons. The highest BCUT2D eigenvalue weighted by molar-refractivity contribution is 5.80. The van der Waals surface area contributed by atoms with Crippen LogP contribution in [0.15, 0.2) is 49.2 Å². The molecule has 0 spiro atoms. The molecule has 0 fully saturated rings. The minimum Gasteiger partial charge on any atom is -0.353 e. The van der Waals surface area contributed by atoms with Crippen molar-refractivity contribution in [2.45, 2.75) is 13.0 Å². The van der Waals surface area contributed by atoms with Gasteiger partial charge in [-0.05, 0) is 17.5 Å². The SMILES string of the molecule is C=CCNC(=O)CCn1ccc2ccccc21. The van der Waals surface area contributed by atoms with Gasteiger partial charge in [-0.15, -0.1) is 6.58 Å². The highest BCUT2D eigenvalue weighted by Gasteiger charge is 2.03. The van der Waals surface area contributed by atoms with E-state index in [1.54, 1.807) is 6.08 Å². The molecule has 0 bridgehead atoms. The van der Waals surface area contributed by atoms with Gasteiger partial charge in [0.05, 0.1) is 0 Å². The molecule has 0 aliphatic carbocycles. The van der Waals surface area contributed by atoms with Crippen LogP contribution in [0, 0.1) is 0 Å². The largest absolute Gasteiger partial charge is 0.353 e. The Hall–Kier alpha value is -2.03. The van der Waals surface area contributed by atoms with E-state index in [0.29, 0.717) is 19.5 Å². The van der Waals surface area contributed by atoms with E-state index in [1.165, 1.54) is 10.9 Å². The Morgan fingerprint density at radius 3 is 3.00 bits per heavy atom. The average molecular weight is 228 g/mol. The summed E-state index contributed by atoms with van der Waals surface area (Å²) >= 11 is 0. The van der Waals surface area contributed by atoms with Crippen LogP contribution >= 0.6 is 0 Å². The van der Waals surface area contributed by atoms with Crippen molar-refractivity contribution in [3.8, 4) is 0 Å². The van der Waals surface area contributed by atoms with Crippen LogP contribution in [-0.4, -0.2) is 17.0 Å². The number of aromatic nitrogens is 1. The van der Waals surface area contributed by atoms with Crippen LogP contribution in [0.3, 0.4) is 0 Å². The molecule has 1 N–H and O–H groups in total. The maximum atomic E-state index is 11.5. The number of carbonyl (C=O) groups excluding carboxylic acids is 1. The number of carbonyl (C=O) groups is 1. The van der Waals surface area contributed by atoms with Gasteiger partial charge in [0.2, 0.25) is 5.91 Å². The van der Waals surface area contributed by atoms with Crippen molar-refractivity contribution in [1.82, 2.24) is 9.88 Å². The van der Waals surface area contributed by atoms with Gasteiger partial charge in [-0.3, -0.25) is 4.79 Å². The number of hydrogen-bond donors (Lipinski definition) is 1. The molecule has 0 aliphatic heterocycles. The molecule has 1 heterocycles. The van der Waals surface area contributed by atoms with Crippen LogP contribution < -0.4 is 5.32 Å². The fourth-order valence-corrected chi connectivity index (χ4v) is 1.83. The topological polar surface area (TPSA) is 34.0 Å². The standard InChI is InChI=1S/C14H16N2O/c1-2-9-15-14(17)8-11-16-10-7-12-5-3-4-6-13(12)16/h2-7,10H,1,8-9,11H2,(H,15,17). The van der Waals surface area contributed by atoms with Crippen molar-refractivity contribution in [3.63, 3.8) is 0 Å². The number of hydrogen-bond acceptors (Lipinski definition) is 1. The van der Waals surface area contributed by atoms with E-state index in [-0.39, 0.29) is 5.91 Å². The fourth-order valence-electron chi connectivity index (χ4n) is 1.83. The molecule has 2 aromatic rings. The molecule has 2 rings (SSSR count). The summed E-state index contributed by atoms with van der Waals surface area (Å²) in [5.41, 5.74) is 1.17. The van der Waals surface area contributed by atoms with Gasteiger partial charge in [-0.2, -0.15) is 0 Å². The number of para-hydroxylation sites is 1. The van der Waals surface area contributed by atoms with E-state index in [2.05, 4.69) is 34.7 Å². The zero-order valence-electron chi connectivity index (χ0n) is 9.73. The molecule has 0 unspecified atom stereocenters. The Morgan fingerprint density at radius 1 is 1.35 bits per heavy atom. The first-order chi connectivity index (χ1) is 8.31. The molecule has 1 aromatic heterocycles. The lowest BCUT2D eigenvalue weighted by molar-refractivity contribution is -0.121. The van der Waals surface area contributed by atoms with Crippen LogP contribution in [-0.2, 0) is 11.3 Å². The normalized spacial score (nSPS) is 10.4. The summed E-state index contributed by atoms with van der Waals surface area (Å²) in [6, 6.07) is 10.2. The quantitative estimate of drug-likeness (QED) is 0.783. The zero-order valence-corrected chi connectivity index (χ0v) is 9.73. The highest BCUT2D eigenvalue weighted by atomic mass is 16.1. The van der Waals surface area contributed by atoms with E-state index >= 15 is 0 Å². The number of fused-ring (bicyclic) bond motifs is 1. The van der Waals surface area contributed by atoms with Crippen LogP contribution in [0.5, 0.6) is 0 Å². The summed E-state index contributed by atoms with van der Waals surface area (Å²) in [7, 11) is 0. The Labute approximate surface area is 101 Å². The van der Waals surface area contributed by atoms with Gasteiger partial charge in [0, 0.05) is 31.2 Å². The third-order valence-corrected chi connectivity index (χ3v) is 2.70. The first kappa shape index (κ1) is 11.5. The number of rotatable bonds is 5. The van der Waals surface area contributed by atoms with Crippen LogP contribution in [0.2, 0.25) is 0 Å². The third kappa shape index (κ3) is 2.75. The molecule has 0 atom stereocenters. The molecule has 1 amide bonds. The molecular weight excluding hydrogens is 212 g/mol. The molecule has 0 aliphatic rings. The smallest absolute Gasteiger partial charge is 0.222 e. The van der Waals surface area contributed by atoms with Gasteiger partial charge in [0.1, 0.15) is 0 Å². The minimum absolute atomic E-state index is 0.0580. The Kier molecular flexibility index (Phi) is 3.60. The minimum atomic E-state index is 0.0580. The Balaban J connectivity index is 1.99. The Bertz CT molecular complexity index is 528. The van der Waals surface area contributed by atoms with Crippen molar-refractivity contribution in [2.24, 2.45) is 0 Å². The molecular formula is C14H16N2O. The lowest BCUT2D eigenvalue weighted by Gasteiger charge is -2.05. The second kappa shape index (κ2) is 5.34. The van der Waals surface area contributed by atoms with Crippen molar-refractivity contribution in [3.05, 3.63) is 49.2 Å². The second-order valence-corrected chi connectivity index (χ2v) is 3.91. The van der Waals surface area contributed by atoms with Crippen LogP contribution in [0.25, 0.3) is 10.9 Å². The molecule has 17 heavy (non-hydrogen) atoms. The van der Waals surface area contributed by atoms with E-state index < -0.39 is 0 Å². The van der Waals surface area contributed by atoms with Gasteiger partial charge in [0.25, 0.3) is 0 Å². The predicted molar refractivity (Wildman–Crippen MR) is 69.8 cm³/mol. The average Bonchev–Trinajstić information content (AvgIpc) is 2.77. The molecule has 3 heteroatoms. The summed E-state index contributed by atoms with van der Waals surface area (Å²) in [5.74, 6) is 0.0580. The maximum absolute atomic E-state index is 11.5. The fraction of sp³-hybridized carbons (Fsp3) is 0.214. The Morgan fingerprint density at radius 2 is 2.18 bits per heavy atom. The predicted octanol–water partition coefficient (Wildman–Crippen LogP) is 2.33. The molecule has 0 radical (unpaired) electrons. The van der Waals surface area contributed by atoms with Gasteiger partial charge in [-0.25, -0.2) is 0 Å². The summed E-state index contributed by atoms with van der Waals surface area (Å²) in [6.07, 6.45) is 4.20. The lowest BCUT2D eigenvalue weighted by Crippen LogP contribution is -2.24. The second-order valence-electron chi connectivity index (χ2n) is 3.91. The number of aryl methyl sites for hydroxylation is 1. The summed E-state index contributed by atoms with van der Waals surface area (Å²) in [5, 5.41) is 3.98. The van der Waals surface area contributed by atoms with Crippen molar-refractivity contribution < 1.29 is 4.79 Å². The zero-order chi connectivity index (χ0) is 12.1. The van der Waals surface area contributed by atoms with Gasteiger partial charge >= 0.3 is 0 Å². The van der Waals surface area contributed by atoms with Crippen molar-refractivity contribution >= 4 is 16.8 Å². The molecule has 1 aromatic carbocycles. The van der Waals surface area contributed by atoms with Gasteiger partial charge in [0.15, 0.2) is 0 Å². The molecule has 0 saturated heterocycles. The first-order valence-electron chi connectivity index (χ1n) is 5.73. The summed E-state index contributed by atoms with van der Waals surface area (Å²) in [6.45, 7) is 4.80. The summed E-state index contributed by atoms with van der Waals surface area (Å²) in [4.78, 5) is 11.5. The summed E-state index contributed by atoms with van der Waals surface area (Å²) < 4.78 is 2.10. The first-order valence-corrected chi connectivity index (χ1v) is 5.73. The maximum Gasteiger partial charge on any atom is 0.222 e. The van der Waals surface area contributed by atoms with E-state index in [0.717, 1.165) is 0 Å². The van der Waals surface area contributed by atoms with E-state index in [1.807, 2.05) is 18.3 Å². The monoisotopic (exact) mass is 228 g/mol. The van der Waals surface area contributed by atoms with Crippen molar-refractivity contribution in [2.75, 3.05) is 6.54 Å². The van der Waals surface area contributed by atoms with Gasteiger partial charge < -0.3 is 9.88 Å². The van der Waals surface area contributed by atoms with Gasteiger partial charge in [-0.1, -0.05) is 24.3 Å². The molecule has 3 nitrogen and oxygen atoms in total. The molecule has 0 saturated carbocycles.